The zero-order valence-corrected chi connectivity index (χ0v) is 11.8. The van der Waals surface area contributed by atoms with Crippen molar-refractivity contribution in [1.82, 2.24) is 4.98 Å². The fourth-order valence-corrected chi connectivity index (χ4v) is 1.90. The van der Waals surface area contributed by atoms with Gasteiger partial charge in [-0.25, -0.2) is 0 Å². The fraction of sp³-hybridized carbons (Fsp3) is 0.429. The summed E-state index contributed by atoms with van der Waals surface area (Å²) in [6.07, 6.45) is 3.57. The van der Waals surface area contributed by atoms with Gasteiger partial charge in [0.2, 0.25) is 0 Å². The highest BCUT2D eigenvalue weighted by molar-refractivity contribution is 5.76. The minimum Gasteiger partial charge on any atom is -0.468 e. The maximum absolute atomic E-state index is 11.4. The Morgan fingerprint density at radius 1 is 1.05 bits per heavy atom. The third kappa shape index (κ3) is 4.08. The predicted octanol–water partition coefficient (Wildman–Crippen LogP) is 0.725. The first kappa shape index (κ1) is 16.3. The molecule has 0 spiro atoms. The van der Waals surface area contributed by atoms with Crippen LogP contribution in [0.3, 0.4) is 0 Å². The first-order valence-corrected chi connectivity index (χ1v) is 6.16. The molecule has 0 saturated heterocycles. The van der Waals surface area contributed by atoms with E-state index in [0.717, 1.165) is 0 Å². The summed E-state index contributed by atoms with van der Waals surface area (Å²) in [7, 11) is 2.43. The molecule has 0 aliphatic rings. The van der Waals surface area contributed by atoms with Crippen molar-refractivity contribution in [2.24, 2.45) is 11.8 Å². The highest BCUT2D eigenvalue weighted by atomic mass is 16.5. The second-order valence-corrected chi connectivity index (χ2v) is 4.32. The van der Waals surface area contributed by atoms with Gasteiger partial charge in [-0.3, -0.25) is 9.59 Å². The summed E-state index contributed by atoms with van der Waals surface area (Å²) in [6, 6.07) is 3.75. The number of nitriles is 2. The number of aromatic nitrogens is 1. The molecule has 0 aliphatic carbocycles. The molecule has 7 heteroatoms. The number of nitrogens with zero attached hydrogens (tertiary/aromatic N) is 2. The first-order valence-electron chi connectivity index (χ1n) is 6.16. The quantitative estimate of drug-likeness (QED) is 0.771. The van der Waals surface area contributed by atoms with Crippen molar-refractivity contribution in [1.29, 1.82) is 10.5 Å². The zero-order chi connectivity index (χ0) is 15.8. The van der Waals surface area contributed by atoms with E-state index in [9.17, 15) is 9.59 Å². The van der Waals surface area contributed by atoms with Crippen LogP contribution < -0.4 is 0 Å². The second kappa shape index (κ2) is 7.71. The number of nitrogens with one attached hydrogen (secondary N) is 1. The Hall–Kier alpha value is -2.80. The average molecular weight is 289 g/mol. The minimum atomic E-state index is -0.928. The van der Waals surface area contributed by atoms with Gasteiger partial charge in [0, 0.05) is 25.2 Å². The molecule has 0 amide bonds. The van der Waals surface area contributed by atoms with Gasteiger partial charge < -0.3 is 14.5 Å². The molecule has 7 nitrogen and oxygen atoms in total. The van der Waals surface area contributed by atoms with Crippen LogP contribution in [0.5, 0.6) is 0 Å². The van der Waals surface area contributed by atoms with Crippen LogP contribution in [0.15, 0.2) is 12.4 Å². The SMILES string of the molecule is COC(=O)C(C#N)Cc1c[nH]cc1CC(C#N)C(=O)OC. The van der Waals surface area contributed by atoms with Gasteiger partial charge in [0.25, 0.3) is 0 Å². The monoisotopic (exact) mass is 289 g/mol. The summed E-state index contributed by atoms with van der Waals surface area (Å²) in [6.45, 7) is 0. The van der Waals surface area contributed by atoms with Gasteiger partial charge in [-0.2, -0.15) is 10.5 Å². The van der Waals surface area contributed by atoms with Crippen molar-refractivity contribution in [3.8, 4) is 12.1 Å². The molecule has 1 aromatic rings. The molecule has 2 unspecified atom stereocenters. The third-order valence-electron chi connectivity index (χ3n) is 3.06. The van der Waals surface area contributed by atoms with Crippen molar-refractivity contribution in [2.45, 2.75) is 12.8 Å². The second-order valence-electron chi connectivity index (χ2n) is 4.32. The molecule has 1 aromatic heterocycles. The van der Waals surface area contributed by atoms with Gasteiger partial charge in [0.05, 0.1) is 26.4 Å². The molecule has 0 bridgehead atoms. The van der Waals surface area contributed by atoms with Crippen LogP contribution in [0.25, 0.3) is 0 Å². The van der Waals surface area contributed by atoms with Crippen LogP contribution >= 0.6 is 0 Å². The average Bonchev–Trinajstić information content (AvgIpc) is 2.95. The topological polar surface area (TPSA) is 116 Å². The molecule has 110 valence electrons. The van der Waals surface area contributed by atoms with Crippen LogP contribution in [0.4, 0.5) is 0 Å². The Morgan fingerprint density at radius 2 is 1.43 bits per heavy atom. The van der Waals surface area contributed by atoms with Gasteiger partial charge in [-0.1, -0.05) is 0 Å². The minimum absolute atomic E-state index is 0.154. The summed E-state index contributed by atoms with van der Waals surface area (Å²) in [5, 5.41) is 18.0. The molecular formula is C14H15N3O4. The van der Waals surface area contributed by atoms with E-state index in [2.05, 4.69) is 14.5 Å². The molecule has 0 aliphatic heterocycles. The first-order chi connectivity index (χ1) is 10.1. The number of H-pyrrole nitrogens is 1. The molecule has 21 heavy (non-hydrogen) atoms. The molecule has 2 atom stereocenters. The van der Waals surface area contributed by atoms with E-state index in [1.54, 1.807) is 12.4 Å². The van der Waals surface area contributed by atoms with E-state index in [1.165, 1.54) is 14.2 Å². The lowest BCUT2D eigenvalue weighted by Gasteiger charge is -2.10. The number of carbonyl (C=O) groups excluding carboxylic acids is 2. The molecule has 0 radical (unpaired) electrons. The number of hydrogen-bond donors (Lipinski definition) is 1. The Morgan fingerprint density at radius 3 is 1.71 bits per heavy atom. The largest absolute Gasteiger partial charge is 0.468 e. The molecular weight excluding hydrogens is 274 g/mol. The summed E-state index contributed by atoms with van der Waals surface area (Å²) in [4.78, 5) is 25.7. The van der Waals surface area contributed by atoms with Crippen molar-refractivity contribution in [3.63, 3.8) is 0 Å². The number of hydrogen-bond acceptors (Lipinski definition) is 6. The van der Waals surface area contributed by atoms with Crippen LogP contribution in [-0.2, 0) is 31.9 Å². The highest BCUT2D eigenvalue weighted by Gasteiger charge is 2.24. The number of aromatic amines is 1. The third-order valence-corrected chi connectivity index (χ3v) is 3.06. The van der Waals surface area contributed by atoms with Crippen molar-refractivity contribution >= 4 is 11.9 Å². The van der Waals surface area contributed by atoms with Gasteiger partial charge in [-0.15, -0.1) is 0 Å². The predicted molar refractivity (Wildman–Crippen MR) is 70.4 cm³/mol. The van der Waals surface area contributed by atoms with Crippen LogP contribution in [0.2, 0.25) is 0 Å². The maximum Gasteiger partial charge on any atom is 0.323 e. The van der Waals surface area contributed by atoms with Crippen LogP contribution in [-0.4, -0.2) is 31.1 Å². The van der Waals surface area contributed by atoms with E-state index in [1.807, 2.05) is 12.1 Å². The smallest absolute Gasteiger partial charge is 0.323 e. The fourth-order valence-electron chi connectivity index (χ4n) is 1.90. The van der Waals surface area contributed by atoms with E-state index in [-0.39, 0.29) is 12.8 Å². The lowest BCUT2D eigenvalue weighted by Crippen LogP contribution is -2.19. The van der Waals surface area contributed by atoms with Crippen molar-refractivity contribution in [2.75, 3.05) is 14.2 Å². The van der Waals surface area contributed by atoms with Crippen LogP contribution in [0.1, 0.15) is 11.1 Å². The van der Waals surface area contributed by atoms with Crippen LogP contribution in [0, 0.1) is 34.5 Å². The van der Waals surface area contributed by atoms with E-state index < -0.39 is 23.8 Å². The number of ether oxygens (including phenoxy) is 2. The van der Waals surface area contributed by atoms with E-state index in [4.69, 9.17) is 10.5 Å². The molecule has 0 saturated carbocycles. The molecule has 0 fully saturated rings. The summed E-state index contributed by atoms with van der Waals surface area (Å²) in [5.74, 6) is -3.09. The summed E-state index contributed by atoms with van der Waals surface area (Å²) < 4.78 is 9.10. The Bertz CT molecular complexity index is 544. The van der Waals surface area contributed by atoms with Gasteiger partial charge in [0.1, 0.15) is 11.8 Å². The Balaban J connectivity index is 2.87. The lowest BCUT2D eigenvalue weighted by molar-refractivity contribution is -0.144. The Kier molecular flexibility index (Phi) is 5.97. The van der Waals surface area contributed by atoms with Gasteiger partial charge >= 0.3 is 11.9 Å². The highest BCUT2D eigenvalue weighted by Crippen LogP contribution is 2.18. The van der Waals surface area contributed by atoms with Crippen molar-refractivity contribution < 1.29 is 19.1 Å². The lowest BCUT2D eigenvalue weighted by atomic mass is 9.94. The van der Waals surface area contributed by atoms with E-state index in [0.29, 0.717) is 11.1 Å². The normalized spacial score (nSPS) is 12.6. The van der Waals surface area contributed by atoms with Gasteiger partial charge in [0.15, 0.2) is 0 Å². The summed E-state index contributed by atoms with van der Waals surface area (Å²) >= 11 is 0. The maximum atomic E-state index is 11.4. The van der Waals surface area contributed by atoms with Crippen molar-refractivity contribution in [3.05, 3.63) is 23.5 Å². The summed E-state index contributed by atoms with van der Waals surface area (Å²) in [5.41, 5.74) is 1.38. The standard InChI is InChI=1S/C14H15N3O4/c1-20-13(18)9(5-15)3-11-7-17-8-12(11)4-10(6-16)14(19)21-2/h7-10,17H,3-4H2,1-2H3. The molecule has 0 aromatic carbocycles. The zero-order valence-electron chi connectivity index (χ0n) is 11.8. The molecule has 1 rings (SSSR count). The molecule has 1 heterocycles. The number of rotatable bonds is 6. The number of carbonyl (C=O) groups is 2. The number of methoxy groups -OCH3 is 2. The number of esters is 2. The molecule has 1 N–H and O–H groups in total. The van der Waals surface area contributed by atoms with E-state index >= 15 is 0 Å². The Labute approximate surface area is 122 Å². The van der Waals surface area contributed by atoms with Gasteiger partial charge in [-0.05, 0) is 11.1 Å².